The van der Waals surface area contributed by atoms with Gasteiger partial charge in [0.1, 0.15) is 0 Å². The molecule has 0 bridgehead atoms. The van der Waals surface area contributed by atoms with Crippen molar-refractivity contribution in [2.75, 3.05) is 0 Å². The monoisotopic (exact) mass is 279 g/mol. The molecular weight excluding hydrogens is 268 g/mol. The van der Waals surface area contributed by atoms with E-state index in [-0.39, 0.29) is 5.69 Å². The summed E-state index contributed by atoms with van der Waals surface area (Å²) in [6.45, 7) is 0. The highest BCUT2D eigenvalue weighted by molar-refractivity contribution is 6.09. The SMILES string of the molecule is Fc1cccc(-n2c3ccccc3c3ccccc32)c1F. The predicted molar refractivity (Wildman–Crippen MR) is 80.7 cm³/mol. The Morgan fingerprint density at radius 1 is 0.619 bits per heavy atom. The molecule has 4 aromatic rings. The maximum Gasteiger partial charge on any atom is 0.182 e. The fourth-order valence-electron chi connectivity index (χ4n) is 2.85. The summed E-state index contributed by atoms with van der Waals surface area (Å²) in [4.78, 5) is 0. The maximum absolute atomic E-state index is 14.2. The molecule has 0 fully saturated rings. The maximum atomic E-state index is 14.2. The van der Waals surface area contributed by atoms with Gasteiger partial charge < -0.3 is 4.57 Å². The summed E-state index contributed by atoms with van der Waals surface area (Å²) in [5.41, 5.74) is 1.96. The van der Waals surface area contributed by atoms with Crippen LogP contribution in [-0.4, -0.2) is 4.57 Å². The van der Waals surface area contributed by atoms with Crippen LogP contribution >= 0.6 is 0 Å². The number of aromatic nitrogens is 1. The summed E-state index contributed by atoms with van der Waals surface area (Å²) < 4.78 is 29.6. The Morgan fingerprint density at radius 3 is 1.81 bits per heavy atom. The number of benzene rings is 3. The topological polar surface area (TPSA) is 4.93 Å². The van der Waals surface area contributed by atoms with E-state index in [1.54, 1.807) is 10.6 Å². The van der Waals surface area contributed by atoms with Gasteiger partial charge >= 0.3 is 0 Å². The van der Waals surface area contributed by atoms with Crippen LogP contribution in [0, 0.1) is 11.6 Å². The van der Waals surface area contributed by atoms with Crippen LogP contribution in [0.4, 0.5) is 8.78 Å². The lowest BCUT2D eigenvalue weighted by atomic mass is 10.2. The summed E-state index contributed by atoms with van der Waals surface area (Å²) >= 11 is 0. The molecule has 0 radical (unpaired) electrons. The highest BCUT2D eigenvalue weighted by Gasteiger charge is 2.15. The molecule has 0 saturated heterocycles. The first-order valence-electron chi connectivity index (χ1n) is 6.70. The van der Waals surface area contributed by atoms with Gasteiger partial charge in [-0.2, -0.15) is 0 Å². The first kappa shape index (κ1) is 12.1. The van der Waals surface area contributed by atoms with Crippen LogP contribution in [0.2, 0.25) is 0 Å². The Bertz CT molecular complexity index is 916. The third kappa shape index (κ3) is 1.67. The number of rotatable bonds is 1. The van der Waals surface area contributed by atoms with E-state index in [0.717, 1.165) is 27.9 Å². The van der Waals surface area contributed by atoms with Crippen LogP contribution in [0.15, 0.2) is 66.7 Å². The third-order valence-electron chi connectivity index (χ3n) is 3.75. The van der Waals surface area contributed by atoms with E-state index >= 15 is 0 Å². The molecule has 0 N–H and O–H groups in total. The van der Waals surface area contributed by atoms with Crippen molar-refractivity contribution in [3.8, 4) is 5.69 Å². The van der Waals surface area contributed by atoms with Gasteiger partial charge in [0.15, 0.2) is 11.6 Å². The minimum Gasteiger partial charge on any atom is -0.306 e. The summed E-state index contributed by atoms with van der Waals surface area (Å²) in [7, 11) is 0. The van der Waals surface area contributed by atoms with Gasteiger partial charge in [0, 0.05) is 10.8 Å². The average molecular weight is 279 g/mol. The van der Waals surface area contributed by atoms with E-state index in [4.69, 9.17) is 0 Å². The fourth-order valence-corrected chi connectivity index (χ4v) is 2.85. The minimum absolute atomic E-state index is 0.229. The van der Waals surface area contributed by atoms with Gasteiger partial charge in [0.05, 0.1) is 16.7 Å². The molecule has 1 nitrogen and oxygen atoms in total. The molecule has 0 unspecified atom stereocenters. The van der Waals surface area contributed by atoms with Crippen molar-refractivity contribution >= 4 is 21.8 Å². The molecule has 1 heterocycles. The van der Waals surface area contributed by atoms with Crippen LogP contribution in [0.25, 0.3) is 27.5 Å². The summed E-state index contributed by atoms with van der Waals surface area (Å²) in [6.07, 6.45) is 0. The van der Waals surface area contributed by atoms with Gasteiger partial charge in [-0.25, -0.2) is 8.78 Å². The first-order chi connectivity index (χ1) is 10.3. The largest absolute Gasteiger partial charge is 0.306 e. The molecular formula is C18H11F2N. The van der Waals surface area contributed by atoms with E-state index in [1.165, 1.54) is 6.07 Å². The smallest absolute Gasteiger partial charge is 0.182 e. The summed E-state index contributed by atoms with van der Waals surface area (Å²) in [6, 6.07) is 19.8. The predicted octanol–water partition coefficient (Wildman–Crippen LogP) is 5.06. The van der Waals surface area contributed by atoms with Gasteiger partial charge in [-0.05, 0) is 24.3 Å². The lowest BCUT2D eigenvalue weighted by Crippen LogP contribution is -1.99. The van der Waals surface area contributed by atoms with E-state index in [2.05, 4.69) is 0 Å². The van der Waals surface area contributed by atoms with Gasteiger partial charge in [0.2, 0.25) is 0 Å². The zero-order chi connectivity index (χ0) is 14.4. The second-order valence-corrected chi connectivity index (χ2v) is 4.94. The van der Waals surface area contributed by atoms with E-state index in [0.29, 0.717) is 0 Å². The standard InChI is InChI=1S/C18H11F2N/c19-14-8-5-11-17(18(14)20)21-15-9-3-1-6-12(15)13-7-2-4-10-16(13)21/h1-11H. The van der Waals surface area contributed by atoms with Crippen molar-refractivity contribution in [2.24, 2.45) is 0 Å². The van der Waals surface area contributed by atoms with E-state index in [1.807, 2.05) is 48.5 Å². The summed E-state index contributed by atoms with van der Waals surface area (Å²) in [5.74, 6) is -1.67. The lowest BCUT2D eigenvalue weighted by molar-refractivity contribution is 0.505. The number of hydrogen-bond donors (Lipinski definition) is 0. The number of para-hydroxylation sites is 2. The van der Waals surface area contributed by atoms with Crippen molar-refractivity contribution < 1.29 is 8.78 Å². The average Bonchev–Trinajstić information content (AvgIpc) is 2.85. The van der Waals surface area contributed by atoms with Crippen LogP contribution in [0.1, 0.15) is 0 Å². The lowest BCUT2D eigenvalue weighted by Gasteiger charge is -2.09. The van der Waals surface area contributed by atoms with Crippen LogP contribution in [0.5, 0.6) is 0 Å². The van der Waals surface area contributed by atoms with Crippen molar-refractivity contribution in [3.05, 3.63) is 78.4 Å². The van der Waals surface area contributed by atoms with E-state index in [9.17, 15) is 8.78 Å². The Morgan fingerprint density at radius 2 is 1.19 bits per heavy atom. The number of halogens is 2. The van der Waals surface area contributed by atoms with Gasteiger partial charge in [-0.15, -0.1) is 0 Å². The highest BCUT2D eigenvalue weighted by Crippen LogP contribution is 2.32. The number of nitrogens with zero attached hydrogens (tertiary/aromatic N) is 1. The van der Waals surface area contributed by atoms with Crippen LogP contribution < -0.4 is 0 Å². The molecule has 4 rings (SSSR count). The molecule has 102 valence electrons. The quantitative estimate of drug-likeness (QED) is 0.459. The minimum atomic E-state index is -0.839. The van der Waals surface area contributed by atoms with Gasteiger partial charge in [-0.1, -0.05) is 42.5 Å². The Kier molecular flexibility index (Phi) is 2.54. The molecule has 0 amide bonds. The third-order valence-corrected chi connectivity index (χ3v) is 3.75. The van der Waals surface area contributed by atoms with E-state index < -0.39 is 11.6 Å². The van der Waals surface area contributed by atoms with Crippen molar-refractivity contribution in [2.45, 2.75) is 0 Å². The van der Waals surface area contributed by atoms with Gasteiger partial charge in [-0.3, -0.25) is 0 Å². The molecule has 1 aromatic heterocycles. The Hall–Kier alpha value is -2.68. The second kappa shape index (κ2) is 4.42. The van der Waals surface area contributed by atoms with Crippen molar-refractivity contribution in [1.82, 2.24) is 4.57 Å². The zero-order valence-electron chi connectivity index (χ0n) is 11.1. The molecule has 3 aromatic carbocycles. The molecule has 0 spiro atoms. The molecule has 0 aliphatic rings. The Balaban J connectivity index is 2.23. The zero-order valence-corrected chi connectivity index (χ0v) is 11.1. The highest BCUT2D eigenvalue weighted by atomic mass is 19.2. The molecule has 0 saturated carbocycles. The summed E-state index contributed by atoms with van der Waals surface area (Å²) in [5, 5.41) is 2.05. The second-order valence-electron chi connectivity index (χ2n) is 4.94. The fraction of sp³-hybridized carbons (Fsp3) is 0. The Labute approximate surface area is 120 Å². The van der Waals surface area contributed by atoms with Crippen LogP contribution in [-0.2, 0) is 0 Å². The van der Waals surface area contributed by atoms with Crippen LogP contribution in [0.3, 0.4) is 0 Å². The normalized spacial score (nSPS) is 11.3. The molecule has 0 atom stereocenters. The van der Waals surface area contributed by atoms with Gasteiger partial charge in [0.25, 0.3) is 0 Å². The molecule has 21 heavy (non-hydrogen) atoms. The number of hydrogen-bond acceptors (Lipinski definition) is 0. The number of fused-ring (bicyclic) bond motifs is 3. The molecule has 3 heteroatoms. The first-order valence-corrected chi connectivity index (χ1v) is 6.70. The molecule has 0 aliphatic heterocycles. The molecule has 0 aliphatic carbocycles. The van der Waals surface area contributed by atoms with Crippen molar-refractivity contribution in [3.63, 3.8) is 0 Å². The van der Waals surface area contributed by atoms with Crippen molar-refractivity contribution in [1.29, 1.82) is 0 Å².